The summed E-state index contributed by atoms with van der Waals surface area (Å²) in [5.74, 6) is 0.556. The topological polar surface area (TPSA) is 61.4 Å². The van der Waals surface area contributed by atoms with Crippen molar-refractivity contribution in [3.8, 4) is 0 Å². The zero-order valence-corrected chi connectivity index (χ0v) is 22.9. The first-order valence-electron chi connectivity index (χ1n) is 13.7. The van der Waals surface area contributed by atoms with Gasteiger partial charge in [-0.25, -0.2) is 0 Å². The van der Waals surface area contributed by atoms with E-state index >= 15 is 0 Å². The zero-order valence-electron chi connectivity index (χ0n) is 22.9. The van der Waals surface area contributed by atoms with Crippen molar-refractivity contribution in [3.05, 3.63) is 84.4 Å². The molecule has 2 aliphatic carbocycles. The van der Waals surface area contributed by atoms with Crippen LogP contribution in [0.5, 0.6) is 0 Å². The van der Waals surface area contributed by atoms with Crippen molar-refractivity contribution in [2.75, 3.05) is 0 Å². The summed E-state index contributed by atoms with van der Waals surface area (Å²) in [7, 11) is 0. The number of hydrogen-bond acceptors (Lipinski definition) is 3. The molecule has 2 fully saturated rings. The smallest absolute Gasteiger partial charge is 0.246 e. The number of nitrogens with zero attached hydrogens (tertiary/aromatic N) is 1. The molecule has 2 amide bonds. The molecule has 2 aromatic carbocycles. The predicted molar refractivity (Wildman–Crippen MR) is 149 cm³/mol. The molecule has 0 aromatic heterocycles. The molecule has 0 spiro atoms. The summed E-state index contributed by atoms with van der Waals surface area (Å²) in [5.41, 5.74) is 1.37. The van der Waals surface area contributed by atoms with Crippen LogP contribution in [0.1, 0.15) is 64.5 Å². The third kappa shape index (κ3) is 6.32. The number of carbonyl (C=O) groups is 2. The molecule has 37 heavy (non-hydrogen) atoms. The van der Waals surface area contributed by atoms with Gasteiger partial charge >= 0.3 is 0 Å². The molecule has 0 radical (unpaired) electrons. The predicted octanol–water partition coefficient (Wildman–Crippen LogP) is 5.47. The van der Waals surface area contributed by atoms with Crippen LogP contribution in [0.25, 0.3) is 0 Å². The van der Waals surface area contributed by atoms with Gasteiger partial charge in [-0.1, -0.05) is 66.7 Å². The standard InChI is InChI=1S/C32H43N3O2/c1-6-13-29-28-19-27(18-26(28)20-32(29,33-23(2)36)30(37)34-31(3,4)5)35(21-24-14-9-7-10-15-24)22-25-16-11-8-12-17-25/h6-12,14-17,26-29H,1,13,18-22H2,2-5H3,(H,33,36)(H,34,37). The second-order valence-corrected chi connectivity index (χ2v) is 12.1. The fourth-order valence-electron chi connectivity index (χ4n) is 6.82. The number of benzene rings is 2. The molecule has 5 atom stereocenters. The Hall–Kier alpha value is -2.92. The lowest BCUT2D eigenvalue weighted by Crippen LogP contribution is -2.64. The van der Waals surface area contributed by atoms with E-state index in [0.717, 1.165) is 25.9 Å². The van der Waals surface area contributed by atoms with Crippen molar-refractivity contribution in [2.45, 2.75) is 83.6 Å². The Labute approximate surface area is 222 Å². The molecule has 0 saturated heterocycles. The van der Waals surface area contributed by atoms with Crippen molar-refractivity contribution in [3.63, 3.8) is 0 Å². The fourth-order valence-corrected chi connectivity index (χ4v) is 6.82. The van der Waals surface area contributed by atoms with Gasteiger partial charge < -0.3 is 10.6 Å². The second-order valence-electron chi connectivity index (χ2n) is 12.1. The number of hydrogen-bond donors (Lipinski definition) is 2. The van der Waals surface area contributed by atoms with Crippen molar-refractivity contribution < 1.29 is 9.59 Å². The molecule has 0 bridgehead atoms. The minimum atomic E-state index is -0.892. The maximum absolute atomic E-state index is 13.8. The Morgan fingerprint density at radius 2 is 1.57 bits per heavy atom. The van der Waals surface area contributed by atoms with Crippen LogP contribution < -0.4 is 10.6 Å². The van der Waals surface area contributed by atoms with Gasteiger partial charge in [-0.2, -0.15) is 0 Å². The first-order valence-corrected chi connectivity index (χ1v) is 13.7. The number of carbonyl (C=O) groups excluding carboxylic acids is 2. The lowest BCUT2D eigenvalue weighted by molar-refractivity contribution is -0.136. The van der Waals surface area contributed by atoms with Gasteiger partial charge in [0.1, 0.15) is 5.54 Å². The minimum Gasteiger partial charge on any atom is -0.349 e. The van der Waals surface area contributed by atoms with Crippen LogP contribution in [0.3, 0.4) is 0 Å². The summed E-state index contributed by atoms with van der Waals surface area (Å²) in [6, 6.07) is 21.8. The van der Waals surface area contributed by atoms with E-state index < -0.39 is 5.54 Å². The molecule has 5 heteroatoms. The van der Waals surface area contributed by atoms with E-state index in [4.69, 9.17) is 0 Å². The van der Waals surface area contributed by atoms with Crippen LogP contribution in [-0.2, 0) is 22.7 Å². The summed E-state index contributed by atoms with van der Waals surface area (Å²) >= 11 is 0. The second kappa shape index (κ2) is 11.2. The summed E-state index contributed by atoms with van der Waals surface area (Å²) in [6.45, 7) is 13.3. The van der Waals surface area contributed by atoms with E-state index in [2.05, 4.69) is 82.8 Å². The third-order valence-electron chi connectivity index (χ3n) is 8.15. The first-order chi connectivity index (χ1) is 17.6. The van der Waals surface area contributed by atoms with Crippen LogP contribution in [-0.4, -0.2) is 33.8 Å². The molecule has 2 saturated carbocycles. The maximum Gasteiger partial charge on any atom is 0.246 e. The summed E-state index contributed by atoms with van der Waals surface area (Å²) in [6.07, 6.45) is 5.36. The summed E-state index contributed by atoms with van der Waals surface area (Å²) in [4.78, 5) is 28.8. The Morgan fingerprint density at radius 3 is 2.05 bits per heavy atom. The quantitative estimate of drug-likeness (QED) is 0.448. The SMILES string of the molecule is C=CCC1C2CC(N(Cc3ccccc3)Cc3ccccc3)CC2CC1(NC(C)=O)C(=O)NC(C)(C)C. The third-order valence-corrected chi connectivity index (χ3v) is 8.15. The Kier molecular flexibility index (Phi) is 8.23. The van der Waals surface area contributed by atoms with Crippen LogP contribution in [0.15, 0.2) is 73.3 Å². The largest absolute Gasteiger partial charge is 0.349 e. The number of allylic oxidation sites excluding steroid dienone is 1. The number of fused-ring (bicyclic) bond motifs is 1. The van der Waals surface area contributed by atoms with E-state index in [1.807, 2.05) is 26.8 Å². The fraction of sp³-hybridized carbons (Fsp3) is 0.500. The number of nitrogens with one attached hydrogen (secondary N) is 2. The molecule has 198 valence electrons. The van der Waals surface area contributed by atoms with Crippen LogP contribution in [0, 0.1) is 17.8 Å². The molecule has 0 heterocycles. The zero-order chi connectivity index (χ0) is 26.6. The highest BCUT2D eigenvalue weighted by atomic mass is 16.2. The van der Waals surface area contributed by atoms with Crippen molar-refractivity contribution in [1.82, 2.24) is 15.5 Å². The van der Waals surface area contributed by atoms with Crippen molar-refractivity contribution in [2.24, 2.45) is 17.8 Å². The highest BCUT2D eigenvalue weighted by molar-refractivity contribution is 5.92. The molecule has 5 nitrogen and oxygen atoms in total. The van der Waals surface area contributed by atoms with E-state index in [0.29, 0.717) is 30.7 Å². The molecule has 2 aliphatic rings. The lowest BCUT2D eigenvalue weighted by Gasteiger charge is -2.39. The highest BCUT2D eigenvalue weighted by Crippen LogP contribution is 2.55. The summed E-state index contributed by atoms with van der Waals surface area (Å²) in [5, 5.41) is 6.34. The molecule has 4 rings (SSSR count). The molecule has 2 aromatic rings. The Balaban J connectivity index is 1.61. The van der Waals surface area contributed by atoms with Gasteiger partial charge in [-0.05, 0) is 75.3 Å². The highest BCUT2D eigenvalue weighted by Gasteiger charge is 2.60. The van der Waals surface area contributed by atoms with Gasteiger partial charge in [-0.3, -0.25) is 14.5 Å². The van der Waals surface area contributed by atoms with Crippen molar-refractivity contribution >= 4 is 11.8 Å². The van der Waals surface area contributed by atoms with Crippen molar-refractivity contribution in [1.29, 1.82) is 0 Å². The van der Waals surface area contributed by atoms with E-state index in [1.165, 1.54) is 18.1 Å². The lowest BCUT2D eigenvalue weighted by atomic mass is 9.78. The Bertz CT molecular complexity index is 1040. The first kappa shape index (κ1) is 27.1. The van der Waals surface area contributed by atoms with Gasteiger partial charge in [0.2, 0.25) is 11.8 Å². The average Bonchev–Trinajstić information content (AvgIpc) is 3.36. The molecule has 2 N–H and O–H groups in total. The molecule has 5 unspecified atom stereocenters. The molecule has 0 aliphatic heterocycles. The van der Waals surface area contributed by atoms with Gasteiger partial charge in [0.05, 0.1) is 0 Å². The monoisotopic (exact) mass is 501 g/mol. The minimum absolute atomic E-state index is 0.0292. The summed E-state index contributed by atoms with van der Waals surface area (Å²) < 4.78 is 0. The van der Waals surface area contributed by atoms with Gasteiger partial charge in [-0.15, -0.1) is 6.58 Å². The van der Waals surface area contributed by atoms with Gasteiger partial charge in [0, 0.05) is 31.6 Å². The Morgan fingerprint density at radius 1 is 1.00 bits per heavy atom. The van der Waals surface area contributed by atoms with E-state index in [9.17, 15) is 9.59 Å². The number of rotatable bonds is 9. The molecular formula is C32H43N3O2. The normalized spacial score (nSPS) is 27.1. The van der Waals surface area contributed by atoms with Crippen LogP contribution in [0.4, 0.5) is 0 Å². The average molecular weight is 502 g/mol. The number of amides is 2. The van der Waals surface area contributed by atoms with Gasteiger partial charge in [0.15, 0.2) is 0 Å². The molecular weight excluding hydrogens is 458 g/mol. The van der Waals surface area contributed by atoms with Crippen LogP contribution >= 0.6 is 0 Å². The van der Waals surface area contributed by atoms with E-state index in [1.54, 1.807) is 0 Å². The maximum atomic E-state index is 13.8. The van der Waals surface area contributed by atoms with Crippen LogP contribution in [0.2, 0.25) is 0 Å². The van der Waals surface area contributed by atoms with E-state index in [-0.39, 0.29) is 23.3 Å². The van der Waals surface area contributed by atoms with Gasteiger partial charge in [0.25, 0.3) is 0 Å².